The lowest BCUT2D eigenvalue weighted by Gasteiger charge is -2.31. The summed E-state index contributed by atoms with van der Waals surface area (Å²) in [6.45, 7) is 5.81. The minimum absolute atomic E-state index is 0.0265. The number of hydrogen-bond donors (Lipinski definition) is 2. The van der Waals surface area contributed by atoms with Gasteiger partial charge in [0.25, 0.3) is 0 Å². The van der Waals surface area contributed by atoms with Crippen LogP contribution < -0.4 is 4.74 Å². The summed E-state index contributed by atoms with van der Waals surface area (Å²) in [5, 5.41) is 20.7. The molecule has 2 aromatic rings. The fourth-order valence-corrected chi connectivity index (χ4v) is 4.37. The molecule has 0 saturated heterocycles. The highest BCUT2D eigenvalue weighted by Gasteiger charge is 2.36. The van der Waals surface area contributed by atoms with Gasteiger partial charge < -0.3 is 14.9 Å². The van der Waals surface area contributed by atoms with Gasteiger partial charge in [0.1, 0.15) is 22.8 Å². The Kier molecular flexibility index (Phi) is 7.21. The fourth-order valence-electron chi connectivity index (χ4n) is 4.37. The van der Waals surface area contributed by atoms with Crippen LogP contribution in [0, 0.1) is 12.8 Å². The van der Waals surface area contributed by atoms with Crippen LogP contribution in [0.2, 0.25) is 0 Å². The molecule has 0 aliphatic heterocycles. The molecular formula is C27H32O4. The van der Waals surface area contributed by atoms with Crippen LogP contribution in [0.25, 0.3) is 0 Å². The fraction of sp³-hybridized carbons (Fsp3) is 0.370. The molecule has 31 heavy (non-hydrogen) atoms. The van der Waals surface area contributed by atoms with Crippen molar-refractivity contribution in [2.24, 2.45) is 5.92 Å². The lowest BCUT2D eigenvalue weighted by molar-refractivity contribution is 0.0889. The molecule has 0 spiro atoms. The van der Waals surface area contributed by atoms with Gasteiger partial charge in [-0.3, -0.25) is 4.79 Å². The number of phenols is 2. The predicted octanol–water partition coefficient (Wildman–Crippen LogP) is 6.46. The SMILES string of the molecule is COc1cc(O)c(C)c(O)c1C(=O)[C@@H]1CC=C(CCC=C(C)C)C[C@H]1c1ccccc1. The minimum Gasteiger partial charge on any atom is -0.507 e. The molecule has 0 radical (unpaired) electrons. The van der Waals surface area contributed by atoms with Crippen molar-refractivity contribution in [3.05, 3.63) is 76.4 Å². The molecule has 3 rings (SSSR count). The molecule has 0 bridgehead atoms. The largest absolute Gasteiger partial charge is 0.507 e. The molecule has 4 nitrogen and oxygen atoms in total. The highest BCUT2D eigenvalue weighted by molar-refractivity contribution is 6.04. The van der Waals surface area contributed by atoms with Crippen LogP contribution in [-0.2, 0) is 0 Å². The molecule has 0 fully saturated rings. The molecular weight excluding hydrogens is 388 g/mol. The highest BCUT2D eigenvalue weighted by atomic mass is 16.5. The number of carbonyl (C=O) groups excluding carboxylic acids is 1. The number of aromatic hydroxyl groups is 2. The average Bonchev–Trinajstić information content (AvgIpc) is 2.77. The summed E-state index contributed by atoms with van der Waals surface area (Å²) in [5.74, 6) is -0.513. The van der Waals surface area contributed by atoms with Gasteiger partial charge >= 0.3 is 0 Å². The van der Waals surface area contributed by atoms with E-state index in [4.69, 9.17) is 4.74 Å². The normalized spacial score (nSPS) is 18.3. The van der Waals surface area contributed by atoms with Gasteiger partial charge in [0.15, 0.2) is 5.78 Å². The van der Waals surface area contributed by atoms with E-state index in [1.165, 1.54) is 24.3 Å². The van der Waals surface area contributed by atoms with Gasteiger partial charge in [-0.05, 0) is 57.9 Å². The van der Waals surface area contributed by atoms with E-state index in [1.807, 2.05) is 18.2 Å². The van der Waals surface area contributed by atoms with Gasteiger partial charge in [-0.1, -0.05) is 53.6 Å². The predicted molar refractivity (Wildman–Crippen MR) is 124 cm³/mol. The van der Waals surface area contributed by atoms with Crippen LogP contribution in [0.5, 0.6) is 17.2 Å². The van der Waals surface area contributed by atoms with E-state index < -0.39 is 0 Å². The number of phenolic OH excluding ortho intramolecular Hbond substituents is 2. The van der Waals surface area contributed by atoms with Gasteiger partial charge in [-0.15, -0.1) is 0 Å². The number of ketones is 1. The first kappa shape index (κ1) is 22.7. The Balaban J connectivity index is 1.98. The third-order valence-corrected chi connectivity index (χ3v) is 6.17. The summed E-state index contributed by atoms with van der Waals surface area (Å²) >= 11 is 0. The zero-order chi connectivity index (χ0) is 22.5. The molecule has 2 N–H and O–H groups in total. The Hall–Kier alpha value is -3.01. The third-order valence-electron chi connectivity index (χ3n) is 6.17. The summed E-state index contributed by atoms with van der Waals surface area (Å²) in [6, 6.07) is 11.5. The van der Waals surface area contributed by atoms with Crippen LogP contribution in [0.3, 0.4) is 0 Å². The number of hydrogen-bond acceptors (Lipinski definition) is 4. The van der Waals surface area contributed by atoms with Crippen molar-refractivity contribution in [3.63, 3.8) is 0 Å². The van der Waals surface area contributed by atoms with Crippen LogP contribution in [0.15, 0.2) is 59.7 Å². The summed E-state index contributed by atoms with van der Waals surface area (Å²) in [4.78, 5) is 13.7. The minimum atomic E-state index is -0.307. The maximum atomic E-state index is 13.7. The van der Waals surface area contributed by atoms with Crippen molar-refractivity contribution in [3.8, 4) is 17.2 Å². The van der Waals surface area contributed by atoms with E-state index in [-0.39, 0.29) is 46.0 Å². The number of carbonyl (C=O) groups is 1. The molecule has 4 heteroatoms. The van der Waals surface area contributed by atoms with Gasteiger partial charge in [0.2, 0.25) is 0 Å². The molecule has 2 atom stereocenters. The van der Waals surface area contributed by atoms with Gasteiger partial charge in [0.05, 0.1) is 7.11 Å². The monoisotopic (exact) mass is 420 g/mol. The van der Waals surface area contributed by atoms with Crippen molar-refractivity contribution < 1.29 is 19.7 Å². The van der Waals surface area contributed by atoms with E-state index in [9.17, 15) is 15.0 Å². The summed E-state index contributed by atoms with van der Waals surface area (Å²) < 4.78 is 5.35. The molecule has 0 saturated carbocycles. The van der Waals surface area contributed by atoms with E-state index in [0.717, 1.165) is 24.8 Å². The quantitative estimate of drug-likeness (QED) is 0.398. The van der Waals surface area contributed by atoms with E-state index in [2.05, 4.69) is 38.1 Å². The van der Waals surface area contributed by atoms with Gasteiger partial charge in [0, 0.05) is 17.5 Å². The lowest BCUT2D eigenvalue weighted by Crippen LogP contribution is -2.26. The van der Waals surface area contributed by atoms with Crippen LogP contribution >= 0.6 is 0 Å². The number of rotatable bonds is 7. The first-order chi connectivity index (χ1) is 14.8. The van der Waals surface area contributed by atoms with Crippen LogP contribution in [0.4, 0.5) is 0 Å². The molecule has 1 aliphatic carbocycles. The summed E-state index contributed by atoms with van der Waals surface area (Å²) in [6.07, 6.45) is 7.86. The number of allylic oxidation sites excluding steroid dienone is 4. The Morgan fingerprint density at radius 3 is 2.55 bits per heavy atom. The van der Waals surface area contributed by atoms with Gasteiger partial charge in [-0.2, -0.15) is 0 Å². The number of Topliss-reactive ketones (excluding diaryl/α,β-unsaturated/α-hetero) is 1. The Morgan fingerprint density at radius 2 is 1.90 bits per heavy atom. The van der Waals surface area contributed by atoms with Crippen LogP contribution in [0.1, 0.15) is 66.9 Å². The van der Waals surface area contributed by atoms with Crippen molar-refractivity contribution in [1.82, 2.24) is 0 Å². The zero-order valence-corrected chi connectivity index (χ0v) is 18.8. The molecule has 2 aromatic carbocycles. The summed E-state index contributed by atoms with van der Waals surface area (Å²) in [7, 11) is 1.44. The van der Waals surface area contributed by atoms with E-state index in [0.29, 0.717) is 6.42 Å². The lowest BCUT2D eigenvalue weighted by atomic mass is 9.71. The maximum absolute atomic E-state index is 13.7. The van der Waals surface area contributed by atoms with Crippen molar-refractivity contribution >= 4 is 5.78 Å². The molecule has 1 aliphatic rings. The molecule has 0 unspecified atom stereocenters. The molecule has 164 valence electrons. The first-order valence-corrected chi connectivity index (χ1v) is 10.8. The van der Waals surface area contributed by atoms with E-state index in [1.54, 1.807) is 6.92 Å². The van der Waals surface area contributed by atoms with Crippen LogP contribution in [-0.4, -0.2) is 23.1 Å². The number of methoxy groups -OCH3 is 1. The molecule has 0 aromatic heterocycles. The van der Waals surface area contributed by atoms with Crippen molar-refractivity contribution in [1.29, 1.82) is 0 Å². The smallest absolute Gasteiger partial charge is 0.174 e. The summed E-state index contributed by atoms with van der Waals surface area (Å²) in [5.41, 5.74) is 4.25. The maximum Gasteiger partial charge on any atom is 0.174 e. The second-order valence-corrected chi connectivity index (χ2v) is 8.56. The zero-order valence-electron chi connectivity index (χ0n) is 18.8. The number of benzene rings is 2. The highest BCUT2D eigenvalue weighted by Crippen LogP contribution is 2.45. The number of ether oxygens (including phenoxy) is 1. The van der Waals surface area contributed by atoms with Crippen molar-refractivity contribution in [2.45, 2.75) is 52.4 Å². The van der Waals surface area contributed by atoms with Gasteiger partial charge in [-0.25, -0.2) is 0 Å². The van der Waals surface area contributed by atoms with E-state index >= 15 is 0 Å². The second kappa shape index (κ2) is 9.86. The standard InChI is InChI=1S/C27H32O4/c1-17(2)9-8-10-19-13-14-21(22(15-19)20-11-6-5-7-12-20)27(30)25-24(31-4)16-23(28)18(3)26(25)29/h5-7,9,11-13,16,21-22,28-29H,8,10,14-15H2,1-4H3/t21-,22+/m1/s1. The Labute approximate surface area is 184 Å². The second-order valence-electron chi connectivity index (χ2n) is 8.56. The Morgan fingerprint density at radius 1 is 1.19 bits per heavy atom. The Bertz CT molecular complexity index is 998. The first-order valence-electron chi connectivity index (χ1n) is 10.8. The topological polar surface area (TPSA) is 66.8 Å². The third kappa shape index (κ3) is 5.01. The molecule has 0 amide bonds. The molecule has 0 heterocycles. The average molecular weight is 421 g/mol. The van der Waals surface area contributed by atoms with Crippen molar-refractivity contribution in [2.75, 3.05) is 7.11 Å².